The summed E-state index contributed by atoms with van der Waals surface area (Å²) in [6, 6.07) is 2.59. The number of hydrogen-bond donors (Lipinski definition) is 1. The monoisotopic (exact) mass is 382 g/mol. The summed E-state index contributed by atoms with van der Waals surface area (Å²) in [7, 11) is -2.48. The van der Waals surface area contributed by atoms with Gasteiger partial charge < -0.3 is 9.72 Å². The zero-order valence-electron chi connectivity index (χ0n) is 15.1. The second-order valence-corrected chi connectivity index (χ2v) is 8.09. The molecule has 1 fully saturated rings. The van der Waals surface area contributed by atoms with Crippen LogP contribution in [0.2, 0.25) is 0 Å². The summed E-state index contributed by atoms with van der Waals surface area (Å²) in [5, 5.41) is 0. The lowest BCUT2D eigenvalue weighted by Gasteiger charge is -2.39. The predicted molar refractivity (Wildman–Crippen MR) is 95.0 cm³/mol. The van der Waals surface area contributed by atoms with Gasteiger partial charge in [-0.3, -0.25) is 4.90 Å². The van der Waals surface area contributed by atoms with Crippen LogP contribution in [0.5, 0.6) is 5.75 Å². The molecule has 1 atom stereocenters. The van der Waals surface area contributed by atoms with E-state index in [0.29, 0.717) is 13.1 Å². The Labute approximate surface area is 152 Å². The number of methoxy groups -OCH3 is 1. The third kappa shape index (κ3) is 3.22. The van der Waals surface area contributed by atoms with Crippen LogP contribution in [0.25, 0.3) is 0 Å². The van der Waals surface area contributed by atoms with Gasteiger partial charge in [0.2, 0.25) is 10.0 Å². The van der Waals surface area contributed by atoms with E-state index in [2.05, 4.69) is 14.9 Å². The number of sulfonamides is 1. The number of ether oxygens (including phenoxy) is 1. The molecule has 26 heavy (non-hydrogen) atoms. The van der Waals surface area contributed by atoms with E-state index in [1.54, 1.807) is 12.4 Å². The Morgan fingerprint density at radius 3 is 2.77 bits per heavy atom. The molecule has 0 radical (unpaired) electrons. The average molecular weight is 382 g/mol. The van der Waals surface area contributed by atoms with Gasteiger partial charge >= 0.3 is 0 Å². The zero-order chi connectivity index (χ0) is 18.9. The Kier molecular flexibility index (Phi) is 5.31. The molecule has 0 saturated carbocycles. The molecular formula is C17H23FN4O3S. The van der Waals surface area contributed by atoms with Gasteiger partial charge in [-0.1, -0.05) is 6.92 Å². The van der Waals surface area contributed by atoms with Crippen LogP contribution in [-0.2, 0) is 10.0 Å². The fraction of sp³-hybridized carbons (Fsp3) is 0.471. The molecular weight excluding hydrogens is 359 g/mol. The van der Waals surface area contributed by atoms with Crippen LogP contribution in [0.3, 0.4) is 0 Å². The molecule has 0 amide bonds. The molecule has 9 heteroatoms. The second kappa shape index (κ2) is 7.34. The van der Waals surface area contributed by atoms with E-state index in [9.17, 15) is 12.8 Å². The molecule has 0 aliphatic carbocycles. The fourth-order valence-electron chi connectivity index (χ4n) is 3.33. The number of halogens is 1. The van der Waals surface area contributed by atoms with Crippen molar-refractivity contribution in [3.63, 3.8) is 0 Å². The van der Waals surface area contributed by atoms with Crippen molar-refractivity contribution in [2.75, 3.05) is 33.3 Å². The van der Waals surface area contributed by atoms with Crippen molar-refractivity contribution in [1.82, 2.24) is 19.2 Å². The predicted octanol–water partition coefficient (Wildman–Crippen LogP) is 1.93. The molecule has 1 aromatic carbocycles. The van der Waals surface area contributed by atoms with E-state index in [1.807, 2.05) is 6.92 Å². The van der Waals surface area contributed by atoms with E-state index in [4.69, 9.17) is 4.74 Å². The van der Waals surface area contributed by atoms with E-state index >= 15 is 0 Å². The third-order valence-corrected chi connectivity index (χ3v) is 6.84. The highest BCUT2D eigenvalue weighted by Gasteiger charge is 2.36. The van der Waals surface area contributed by atoms with Crippen LogP contribution in [0.4, 0.5) is 4.39 Å². The lowest BCUT2D eigenvalue weighted by molar-refractivity contribution is 0.119. The molecule has 1 aliphatic rings. The zero-order valence-corrected chi connectivity index (χ0v) is 15.9. The van der Waals surface area contributed by atoms with Gasteiger partial charge in [0.25, 0.3) is 0 Å². The lowest BCUT2D eigenvalue weighted by Crippen LogP contribution is -2.50. The van der Waals surface area contributed by atoms with Gasteiger partial charge in [-0.15, -0.1) is 0 Å². The Morgan fingerprint density at radius 2 is 2.15 bits per heavy atom. The number of aromatic nitrogens is 2. The molecule has 2 aromatic rings. The van der Waals surface area contributed by atoms with E-state index < -0.39 is 15.8 Å². The molecule has 1 aliphatic heterocycles. The van der Waals surface area contributed by atoms with E-state index in [-0.39, 0.29) is 28.8 Å². The maximum absolute atomic E-state index is 14.3. The number of H-pyrrole nitrogens is 1. The van der Waals surface area contributed by atoms with Crippen LogP contribution in [-0.4, -0.2) is 60.9 Å². The third-order valence-electron chi connectivity index (χ3n) is 4.83. The summed E-state index contributed by atoms with van der Waals surface area (Å²) in [6.07, 6.45) is 3.37. The van der Waals surface area contributed by atoms with Gasteiger partial charge in [0.1, 0.15) is 5.82 Å². The van der Waals surface area contributed by atoms with Gasteiger partial charge in [0.15, 0.2) is 11.6 Å². The molecule has 1 saturated heterocycles. The Balaban J connectivity index is 1.94. The minimum atomic E-state index is -3.83. The number of rotatable bonds is 5. The molecule has 0 spiro atoms. The number of benzene rings is 1. The quantitative estimate of drug-likeness (QED) is 0.855. The normalized spacial score (nSPS) is 19.6. The number of hydrogen-bond acceptors (Lipinski definition) is 5. The first kappa shape index (κ1) is 18.8. The average Bonchev–Trinajstić information content (AvgIpc) is 3.17. The molecule has 1 N–H and O–H groups in total. The van der Waals surface area contributed by atoms with Crippen molar-refractivity contribution in [3.8, 4) is 5.75 Å². The lowest BCUT2D eigenvalue weighted by atomic mass is 10.2. The molecule has 1 aromatic heterocycles. The summed E-state index contributed by atoms with van der Waals surface area (Å²) in [6.45, 7) is 5.46. The summed E-state index contributed by atoms with van der Waals surface area (Å²) >= 11 is 0. The van der Waals surface area contributed by atoms with Gasteiger partial charge in [-0.25, -0.2) is 17.8 Å². The molecule has 0 bridgehead atoms. The highest BCUT2D eigenvalue weighted by Crippen LogP contribution is 2.31. The molecule has 3 rings (SSSR count). The highest BCUT2D eigenvalue weighted by atomic mass is 32.2. The van der Waals surface area contributed by atoms with Crippen LogP contribution in [0.15, 0.2) is 29.4 Å². The first-order valence-electron chi connectivity index (χ1n) is 8.46. The summed E-state index contributed by atoms with van der Waals surface area (Å²) in [5.74, 6) is 0.110. The first-order valence-corrected chi connectivity index (χ1v) is 9.90. The highest BCUT2D eigenvalue weighted by molar-refractivity contribution is 7.89. The number of nitrogens with one attached hydrogen (secondary N) is 1. The van der Waals surface area contributed by atoms with Crippen LogP contribution in [0.1, 0.15) is 24.4 Å². The van der Waals surface area contributed by atoms with E-state index in [1.165, 1.54) is 30.5 Å². The maximum atomic E-state index is 14.3. The number of likely N-dealkylation sites (N-methyl/N-ethyl adjacent to an activating group) is 1. The Morgan fingerprint density at radius 1 is 1.38 bits per heavy atom. The fourth-order valence-corrected chi connectivity index (χ4v) is 4.98. The smallest absolute Gasteiger partial charge is 0.243 e. The van der Waals surface area contributed by atoms with Gasteiger partial charge in [-0.05, 0) is 25.6 Å². The van der Waals surface area contributed by atoms with Crippen LogP contribution in [0, 0.1) is 12.7 Å². The van der Waals surface area contributed by atoms with Crippen LogP contribution >= 0.6 is 0 Å². The number of nitrogens with zero attached hydrogens (tertiary/aromatic N) is 3. The van der Waals surface area contributed by atoms with Crippen molar-refractivity contribution in [2.45, 2.75) is 24.8 Å². The van der Waals surface area contributed by atoms with Crippen LogP contribution < -0.4 is 4.74 Å². The molecule has 142 valence electrons. The van der Waals surface area contributed by atoms with Gasteiger partial charge in [-0.2, -0.15) is 4.31 Å². The SMILES string of the molecule is CCN1CCN(S(=O)(=O)c2ccc(OC)c(F)c2C)C[C@@H]1c1ncc[nH]1. The summed E-state index contributed by atoms with van der Waals surface area (Å²) in [4.78, 5) is 9.50. The largest absolute Gasteiger partial charge is 0.494 e. The second-order valence-electron chi connectivity index (χ2n) is 6.19. The standard InChI is InChI=1S/C17H23FN4O3S/c1-4-21-9-10-22(11-13(21)17-19-7-8-20-17)26(23,24)15-6-5-14(25-3)16(18)12(15)2/h5-8,13H,4,9-11H2,1-3H3,(H,19,20)/t13-/m1/s1. The van der Waals surface area contributed by atoms with Gasteiger partial charge in [0.05, 0.1) is 18.0 Å². The molecule has 2 heterocycles. The van der Waals surface area contributed by atoms with Crippen molar-refractivity contribution >= 4 is 10.0 Å². The van der Waals surface area contributed by atoms with E-state index in [0.717, 1.165) is 12.4 Å². The number of piperazine rings is 1. The topological polar surface area (TPSA) is 78.5 Å². The van der Waals surface area contributed by atoms with Crippen molar-refractivity contribution in [2.24, 2.45) is 0 Å². The van der Waals surface area contributed by atoms with Gasteiger partial charge in [0, 0.05) is 37.6 Å². The Bertz CT molecular complexity index is 870. The summed E-state index contributed by atoms with van der Waals surface area (Å²) < 4.78 is 47.0. The molecule has 0 unspecified atom stereocenters. The number of imidazole rings is 1. The van der Waals surface area contributed by atoms with Crippen molar-refractivity contribution in [1.29, 1.82) is 0 Å². The Hall–Kier alpha value is -1.97. The number of aromatic amines is 1. The minimum absolute atomic E-state index is 0.0288. The minimum Gasteiger partial charge on any atom is -0.494 e. The first-order chi connectivity index (χ1) is 12.4. The summed E-state index contributed by atoms with van der Waals surface area (Å²) in [5.41, 5.74) is 0.0665. The van der Waals surface area contributed by atoms with Crippen molar-refractivity contribution in [3.05, 3.63) is 41.7 Å². The molecule has 7 nitrogen and oxygen atoms in total. The maximum Gasteiger partial charge on any atom is 0.243 e. The van der Waals surface area contributed by atoms with Crippen molar-refractivity contribution < 1.29 is 17.5 Å².